The molecule has 0 aliphatic carbocycles. The van der Waals surface area contributed by atoms with Crippen molar-refractivity contribution in [1.82, 2.24) is 4.90 Å². The molecule has 0 aromatic rings. The fraction of sp³-hybridized carbons (Fsp3) is 1.00. The van der Waals surface area contributed by atoms with Crippen LogP contribution in [0.25, 0.3) is 0 Å². The van der Waals surface area contributed by atoms with E-state index in [0.717, 1.165) is 51.4 Å². The standard InChI is InChI=1S/C10H21NO2S/c1-12-10-2-4-11(5-3-10)6-7-13-8-9-14/h10,14H,2-9H2,1H3. The number of likely N-dealkylation sites (tertiary alicyclic amines) is 1. The van der Waals surface area contributed by atoms with E-state index in [1.807, 2.05) is 0 Å². The Morgan fingerprint density at radius 1 is 1.29 bits per heavy atom. The highest BCUT2D eigenvalue weighted by Gasteiger charge is 2.17. The smallest absolute Gasteiger partial charge is 0.0595 e. The number of rotatable bonds is 6. The van der Waals surface area contributed by atoms with Crippen LogP contribution in [0.3, 0.4) is 0 Å². The third-order valence-corrected chi connectivity index (χ3v) is 2.84. The zero-order chi connectivity index (χ0) is 10.2. The summed E-state index contributed by atoms with van der Waals surface area (Å²) >= 11 is 4.09. The lowest BCUT2D eigenvalue weighted by Crippen LogP contribution is -2.38. The monoisotopic (exact) mass is 219 g/mol. The lowest BCUT2D eigenvalue weighted by atomic mass is 10.1. The van der Waals surface area contributed by atoms with Crippen molar-refractivity contribution >= 4 is 12.6 Å². The van der Waals surface area contributed by atoms with Crippen LogP contribution in [-0.4, -0.2) is 56.7 Å². The first kappa shape index (κ1) is 12.3. The normalized spacial score (nSPS) is 20.1. The molecule has 0 spiro atoms. The summed E-state index contributed by atoms with van der Waals surface area (Å²) in [6.07, 6.45) is 2.79. The van der Waals surface area contributed by atoms with Crippen molar-refractivity contribution in [2.45, 2.75) is 18.9 Å². The molecule has 4 heteroatoms. The van der Waals surface area contributed by atoms with Gasteiger partial charge in [-0.3, -0.25) is 0 Å². The van der Waals surface area contributed by atoms with Gasteiger partial charge < -0.3 is 14.4 Å². The number of piperidine rings is 1. The van der Waals surface area contributed by atoms with Crippen LogP contribution >= 0.6 is 12.6 Å². The molecule has 84 valence electrons. The van der Waals surface area contributed by atoms with E-state index in [9.17, 15) is 0 Å². The van der Waals surface area contributed by atoms with Gasteiger partial charge in [0.25, 0.3) is 0 Å². The summed E-state index contributed by atoms with van der Waals surface area (Å²) < 4.78 is 10.7. The van der Waals surface area contributed by atoms with E-state index in [1.54, 1.807) is 7.11 Å². The van der Waals surface area contributed by atoms with Crippen LogP contribution in [0.15, 0.2) is 0 Å². The van der Waals surface area contributed by atoms with Crippen molar-refractivity contribution in [2.75, 3.05) is 45.7 Å². The average molecular weight is 219 g/mol. The molecule has 0 N–H and O–H groups in total. The maximum atomic E-state index is 5.39. The van der Waals surface area contributed by atoms with Gasteiger partial charge in [0, 0.05) is 32.5 Å². The fourth-order valence-corrected chi connectivity index (χ4v) is 1.86. The highest BCUT2D eigenvalue weighted by Crippen LogP contribution is 2.11. The molecule has 0 bridgehead atoms. The molecule has 3 nitrogen and oxygen atoms in total. The van der Waals surface area contributed by atoms with Gasteiger partial charge >= 0.3 is 0 Å². The topological polar surface area (TPSA) is 21.7 Å². The Labute approximate surface area is 92.2 Å². The largest absolute Gasteiger partial charge is 0.381 e. The summed E-state index contributed by atoms with van der Waals surface area (Å²) in [5.74, 6) is 0.811. The van der Waals surface area contributed by atoms with Gasteiger partial charge in [-0.1, -0.05) is 0 Å². The van der Waals surface area contributed by atoms with Crippen LogP contribution in [0, 0.1) is 0 Å². The van der Waals surface area contributed by atoms with Gasteiger partial charge in [0.05, 0.1) is 19.3 Å². The van der Waals surface area contributed by atoms with Crippen LogP contribution in [0.1, 0.15) is 12.8 Å². The number of ether oxygens (including phenoxy) is 2. The zero-order valence-corrected chi connectivity index (χ0v) is 9.84. The summed E-state index contributed by atoms with van der Waals surface area (Å²) in [6.45, 7) is 4.92. The number of hydrogen-bond acceptors (Lipinski definition) is 4. The Balaban J connectivity index is 1.98. The molecule has 0 saturated carbocycles. The van der Waals surface area contributed by atoms with Crippen molar-refractivity contribution in [3.63, 3.8) is 0 Å². The number of hydrogen-bond donors (Lipinski definition) is 1. The van der Waals surface area contributed by atoms with E-state index in [4.69, 9.17) is 9.47 Å². The summed E-state index contributed by atoms with van der Waals surface area (Å²) in [5.41, 5.74) is 0. The van der Waals surface area contributed by atoms with E-state index in [2.05, 4.69) is 17.5 Å². The number of thiol groups is 1. The molecule has 1 rings (SSSR count). The van der Waals surface area contributed by atoms with Gasteiger partial charge in [-0.05, 0) is 12.8 Å². The maximum absolute atomic E-state index is 5.39. The van der Waals surface area contributed by atoms with E-state index < -0.39 is 0 Å². The molecular formula is C10H21NO2S. The summed E-state index contributed by atoms with van der Waals surface area (Å²) in [6, 6.07) is 0. The Morgan fingerprint density at radius 3 is 2.57 bits per heavy atom. The molecule has 0 unspecified atom stereocenters. The summed E-state index contributed by atoms with van der Waals surface area (Å²) in [4.78, 5) is 2.44. The van der Waals surface area contributed by atoms with Crippen molar-refractivity contribution in [1.29, 1.82) is 0 Å². The highest BCUT2D eigenvalue weighted by molar-refractivity contribution is 7.80. The Morgan fingerprint density at radius 2 is 2.00 bits per heavy atom. The quantitative estimate of drug-likeness (QED) is 0.533. The summed E-state index contributed by atoms with van der Waals surface area (Å²) in [7, 11) is 1.80. The van der Waals surface area contributed by atoms with Gasteiger partial charge in [0.1, 0.15) is 0 Å². The van der Waals surface area contributed by atoms with Crippen LogP contribution in [0.5, 0.6) is 0 Å². The lowest BCUT2D eigenvalue weighted by Gasteiger charge is -2.30. The molecule has 1 heterocycles. The summed E-state index contributed by atoms with van der Waals surface area (Å²) in [5, 5.41) is 0. The second kappa shape index (κ2) is 7.51. The van der Waals surface area contributed by atoms with Crippen molar-refractivity contribution in [3.8, 4) is 0 Å². The Kier molecular flexibility index (Phi) is 6.60. The van der Waals surface area contributed by atoms with Gasteiger partial charge in [0.15, 0.2) is 0 Å². The van der Waals surface area contributed by atoms with Crippen LogP contribution in [0.2, 0.25) is 0 Å². The SMILES string of the molecule is COC1CCN(CCOCCS)CC1. The first-order valence-corrected chi connectivity index (χ1v) is 5.94. The zero-order valence-electron chi connectivity index (χ0n) is 8.95. The minimum atomic E-state index is 0.476. The van der Waals surface area contributed by atoms with Gasteiger partial charge in [-0.2, -0.15) is 12.6 Å². The predicted octanol–water partition coefficient (Wildman–Crippen LogP) is 1.04. The molecule has 1 fully saturated rings. The molecule has 0 amide bonds. The predicted molar refractivity (Wildman–Crippen MR) is 61.1 cm³/mol. The third-order valence-electron chi connectivity index (χ3n) is 2.66. The average Bonchev–Trinajstić information content (AvgIpc) is 2.25. The van der Waals surface area contributed by atoms with Gasteiger partial charge in [-0.15, -0.1) is 0 Å². The number of nitrogens with zero attached hydrogens (tertiary/aromatic N) is 1. The van der Waals surface area contributed by atoms with E-state index in [-0.39, 0.29) is 0 Å². The number of methoxy groups -OCH3 is 1. The molecule has 0 radical (unpaired) electrons. The van der Waals surface area contributed by atoms with E-state index in [1.165, 1.54) is 0 Å². The van der Waals surface area contributed by atoms with E-state index in [0.29, 0.717) is 6.10 Å². The first-order chi connectivity index (χ1) is 6.86. The second-order valence-corrected chi connectivity index (χ2v) is 4.06. The molecule has 1 aliphatic heterocycles. The maximum Gasteiger partial charge on any atom is 0.0595 e. The van der Waals surface area contributed by atoms with Gasteiger partial charge in [-0.25, -0.2) is 0 Å². The lowest BCUT2D eigenvalue weighted by molar-refractivity contribution is 0.0301. The Bertz CT molecular complexity index is 138. The molecule has 1 aliphatic rings. The Hall–Kier alpha value is 0.230. The molecule has 0 aromatic heterocycles. The molecule has 0 atom stereocenters. The van der Waals surface area contributed by atoms with Crippen LogP contribution < -0.4 is 0 Å². The van der Waals surface area contributed by atoms with Crippen LogP contribution in [0.4, 0.5) is 0 Å². The van der Waals surface area contributed by atoms with Crippen molar-refractivity contribution < 1.29 is 9.47 Å². The van der Waals surface area contributed by atoms with Crippen LogP contribution in [-0.2, 0) is 9.47 Å². The molecule has 1 saturated heterocycles. The minimum absolute atomic E-state index is 0.476. The van der Waals surface area contributed by atoms with Crippen molar-refractivity contribution in [3.05, 3.63) is 0 Å². The van der Waals surface area contributed by atoms with Crippen molar-refractivity contribution in [2.24, 2.45) is 0 Å². The second-order valence-electron chi connectivity index (χ2n) is 3.61. The van der Waals surface area contributed by atoms with E-state index >= 15 is 0 Å². The molecule has 14 heavy (non-hydrogen) atoms. The van der Waals surface area contributed by atoms with Gasteiger partial charge in [0.2, 0.25) is 0 Å². The highest BCUT2D eigenvalue weighted by atomic mass is 32.1. The fourth-order valence-electron chi connectivity index (χ4n) is 1.73. The molecule has 0 aromatic carbocycles. The third kappa shape index (κ3) is 4.64. The minimum Gasteiger partial charge on any atom is -0.381 e. The first-order valence-electron chi connectivity index (χ1n) is 5.30. The molecular weight excluding hydrogens is 198 g/mol.